The molecule has 0 spiro atoms. The van der Waals surface area contributed by atoms with Gasteiger partial charge in [0.25, 0.3) is 0 Å². The van der Waals surface area contributed by atoms with Crippen molar-refractivity contribution in [3.8, 4) is 0 Å². The highest BCUT2D eigenvalue weighted by molar-refractivity contribution is 7.99. The van der Waals surface area contributed by atoms with E-state index in [-0.39, 0.29) is 31.1 Å². The van der Waals surface area contributed by atoms with E-state index in [1.54, 1.807) is 0 Å². The maximum atomic E-state index is 12.6. The molecule has 0 aliphatic carbocycles. The Morgan fingerprint density at radius 2 is 1.13 bits per heavy atom. The van der Waals surface area contributed by atoms with E-state index >= 15 is 0 Å². The molecule has 0 aliphatic heterocycles. The van der Waals surface area contributed by atoms with Gasteiger partial charge < -0.3 is 35.7 Å². The molecule has 0 bridgehead atoms. The van der Waals surface area contributed by atoms with Crippen molar-refractivity contribution in [3.05, 3.63) is 0 Å². The number of amides is 1. The lowest BCUT2D eigenvalue weighted by atomic mass is 10.1. The fourth-order valence-electron chi connectivity index (χ4n) is 4.95. The summed E-state index contributed by atoms with van der Waals surface area (Å²) in [6.07, 6.45) is 21.4. The van der Waals surface area contributed by atoms with Gasteiger partial charge in [-0.05, 0) is 12.8 Å². The fourth-order valence-corrected chi connectivity index (χ4v) is 5.87. The Morgan fingerprint density at radius 1 is 0.617 bits per heavy atom. The van der Waals surface area contributed by atoms with Gasteiger partial charge in [0.15, 0.2) is 0 Å². The van der Waals surface area contributed by atoms with Crippen molar-refractivity contribution in [1.82, 2.24) is 5.32 Å². The van der Waals surface area contributed by atoms with E-state index in [0.717, 1.165) is 38.5 Å². The van der Waals surface area contributed by atoms with Crippen molar-refractivity contribution in [1.29, 1.82) is 0 Å². The second-order valence-electron chi connectivity index (χ2n) is 12.5. The van der Waals surface area contributed by atoms with E-state index in [9.17, 15) is 14.4 Å². The van der Waals surface area contributed by atoms with Crippen LogP contribution < -0.4 is 16.8 Å². The molecular formula is C36H71N3O7S. The molecule has 1 unspecified atom stereocenters. The minimum absolute atomic E-state index is 0.0528. The fraction of sp³-hybridized carbons (Fsp3) is 0.917. The minimum Gasteiger partial charge on any atom is -0.462 e. The van der Waals surface area contributed by atoms with Gasteiger partial charge in [-0.25, -0.2) is 0 Å². The Morgan fingerprint density at radius 3 is 1.68 bits per heavy atom. The van der Waals surface area contributed by atoms with Crippen molar-refractivity contribution in [2.45, 2.75) is 161 Å². The Balaban J connectivity index is 4.31. The number of carbonyl (C=O) groups is 3. The average molecular weight is 690 g/mol. The SMILES string of the molecule is CCCCCCCCCCCC(=O)OCC(CSCCC(=O)NCCOCCOCC(N)N)OC(=O)CCCCCCCCCCC. The lowest BCUT2D eigenvalue weighted by Crippen LogP contribution is -2.35. The summed E-state index contributed by atoms with van der Waals surface area (Å²) >= 11 is 1.52. The molecule has 0 fully saturated rings. The molecule has 0 saturated carbocycles. The zero-order chi connectivity index (χ0) is 34.6. The van der Waals surface area contributed by atoms with E-state index in [4.69, 9.17) is 30.4 Å². The van der Waals surface area contributed by atoms with Crippen LogP contribution in [0.15, 0.2) is 0 Å². The van der Waals surface area contributed by atoms with Gasteiger partial charge >= 0.3 is 11.9 Å². The number of hydrogen-bond acceptors (Lipinski definition) is 10. The predicted molar refractivity (Wildman–Crippen MR) is 193 cm³/mol. The summed E-state index contributed by atoms with van der Waals surface area (Å²) in [5.41, 5.74) is 10.8. The molecule has 1 amide bonds. The summed E-state index contributed by atoms with van der Waals surface area (Å²) in [5.74, 6) is 0.477. The quantitative estimate of drug-likeness (QED) is 0.0364. The first-order valence-corrected chi connectivity index (χ1v) is 19.9. The molecule has 11 heteroatoms. The first kappa shape index (κ1) is 45.6. The second kappa shape index (κ2) is 35.9. The molecule has 0 radical (unpaired) electrons. The normalized spacial score (nSPS) is 11.9. The molecule has 47 heavy (non-hydrogen) atoms. The van der Waals surface area contributed by atoms with Crippen molar-refractivity contribution >= 4 is 29.6 Å². The van der Waals surface area contributed by atoms with E-state index in [2.05, 4.69) is 19.2 Å². The summed E-state index contributed by atoms with van der Waals surface area (Å²) in [6.45, 7) is 6.39. The standard InChI is InChI=1S/C36H71N3O7S/c1-3-5-7-9-11-13-15-17-19-21-35(41)45-29-32(46-36(42)22-20-18-16-14-12-10-8-6-4-2)31-47-28-23-34(40)39-24-25-43-26-27-44-30-33(37)38/h32-33H,3-31,37-38H2,1-2H3,(H,39,40). The number of unbranched alkanes of at least 4 members (excludes halogenated alkanes) is 16. The zero-order valence-electron chi connectivity index (χ0n) is 30.1. The first-order valence-electron chi connectivity index (χ1n) is 18.7. The predicted octanol–water partition coefficient (Wildman–Crippen LogP) is 6.80. The number of rotatable bonds is 36. The molecule has 278 valence electrons. The van der Waals surface area contributed by atoms with E-state index < -0.39 is 12.3 Å². The van der Waals surface area contributed by atoms with Crippen LogP contribution in [-0.4, -0.2) is 81.2 Å². The summed E-state index contributed by atoms with van der Waals surface area (Å²) < 4.78 is 21.9. The molecule has 0 rings (SSSR count). The molecule has 0 aromatic carbocycles. The van der Waals surface area contributed by atoms with Gasteiger partial charge in [-0.2, -0.15) is 11.8 Å². The lowest BCUT2D eigenvalue weighted by molar-refractivity contribution is -0.157. The zero-order valence-corrected chi connectivity index (χ0v) is 30.9. The third kappa shape index (κ3) is 35.7. The Hall–Kier alpha value is -1.40. The molecule has 10 nitrogen and oxygen atoms in total. The average Bonchev–Trinajstić information content (AvgIpc) is 3.05. The number of carbonyl (C=O) groups excluding carboxylic acids is 3. The number of esters is 2. The minimum atomic E-state index is -0.523. The van der Waals surface area contributed by atoms with Crippen LogP contribution in [-0.2, 0) is 33.3 Å². The number of ether oxygens (including phenoxy) is 4. The summed E-state index contributed by atoms with van der Waals surface area (Å²) in [5, 5.41) is 2.83. The monoisotopic (exact) mass is 690 g/mol. The molecule has 0 aromatic heterocycles. The Bertz CT molecular complexity index is 731. The third-order valence-electron chi connectivity index (χ3n) is 7.73. The number of hydrogen-bond donors (Lipinski definition) is 3. The van der Waals surface area contributed by atoms with Crippen molar-refractivity contribution in [3.63, 3.8) is 0 Å². The van der Waals surface area contributed by atoms with Crippen LogP contribution in [0.25, 0.3) is 0 Å². The largest absolute Gasteiger partial charge is 0.462 e. The first-order chi connectivity index (χ1) is 22.9. The summed E-state index contributed by atoms with van der Waals surface area (Å²) in [7, 11) is 0. The van der Waals surface area contributed by atoms with Crippen LogP contribution in [0.4, 0.5) is 0 Å². The molecule has 0 aromatic rings. The Labute approximate surface area is 291 Å². The molecule has 5 N–H and O–H groups in total. The van der Waals surface area contributed by atoms with E-state index in [1.807, 2.05) is 0 Å². The summed E-state index contributed by atoms with van der Waals surface area (Å²) in [4.78, 5) is 37.2. The molecule has 0 saturated heterocycles. The topological polar surface area (TPSA) is 152 Å². The van der Waals surface area contributed by atoms with Gasteiger partial charge in [0.2, 0.25) is 5.91 Å². The Kier molecular flexibility index (Phi) is 34.8. The maximum Gasteiger partial charge on any atom is 0.306 e. The van der Waals surface area contributed by atoms with Crippen LogP contribution >= 0.6 is 11.8 Å². The highest BCUT2D eigenvalue weighted by Gasteiger charge is 2.18. The molecular weight excluding hydrogens is 618 g/mol. The van der Waals surface area contributed by atoms with Crippen LogP contribution in [0.1, 0.15) is 149 Å². The highest BCUT2D eigenvalue weighted by Crippen LogP contribution is 2.14. The lowest BCUT2D eigenvalue weighted by Gasteiger charge is -2.18. The van der Waals surface area contributed by atoms with Gasteiger partial charge in [0.05, 0.1) is 32.6 Å². The van der Waals surface area contributed by atoms with Crippen LogP contribution in [0.3, 0.4) is 0 Å². The van der Waals surface area contributed by atoms with Crippen molar-refractivity contribution in [2.24, 2.45) is 11.5 Å². The van der Waals surface area contributed by atoms with Gasteiger partial charge in [-0.1, -0.05) is 117 Å². The molecule has 1 atom stereocenters. The van der Waals surface area contributed by atoms with Gasteiger partial charge in [0, 0.05) is 37.3 Å². The van der Waals surface area contributed by atoms with Crippen LogP contribution in [0.2, 0.25) is 0 Å². The highest BCUT2D eigenvalue weighted by atomic mass is 32.2. The van der Waals surface area contributed by atoms with Crippen LogP contribution in [0.5, 0.6) is 0 Å². The number of nitrogens with two attached hydrogens (primary N) is 2. The van der Waals surface area contributed by atoms with Gasteiger partial charge in [-0.3, -0.25) is 14.4 Å². The van der Waals surface area contributed by atoms with Crippen LogP contribution in [0, 0.1) is 0 Å². The number of thioether (sulfide) groups is 1. The molecule has 0 aliphatic rings. The van der Waals surface area contributed by atoms with Crippen molar-refractivity contribution in [2.75, 3.05) is 51.1 Å². The smallest absolute Gasteiger partial charge is 0.306 e. The number of nitrogens with one attached hydrogen (secondary N) is 1. The molecule has 0 heterocycles. The maximum absolute atomic E-state index is 12.6. The second-order valence-corrected chi connectivity index (χ2v) is 13.6. The van der Waals surface area contributed by atoms with E-state index in [1.165, 1.54) is 88.8 Å². The third-order valence-corrected chi connectivity index (χ3v) is 8.83. The van der Waals surface area contributed by atoms with E-state index in [0.29, 0.717) is 57.1 Å². The van der Waals surface area contributed by atoms with Crippen molar-refractivity contribution < 1.29 is 33.3 Å². The summed E-state index contributed by atoms with van der Waals surface area (Å²) in [6, 6.07) is 0. The van der Waals surface area contributed by atoms with Gasteiger partial charge in [0.1, 0.15) is 12.7 Å². The van der Waals surface area contributed by atoms with Gasteiger partial charge in [-0.15, -0.1) is 0 Å².